The molecule has 0 aliphatic carbocycles. The number of aromatic nitrogens is 4. The van der Waals surface area contributed by atoms with Gasteiger partial charge in [-0.2, -0.15) is 0 Å². The number of furan rings is 1. The highest BCUT2D eigenvalue weighted by molar-refractivity contribution is 5.75. The fourth-order valence-electron chi connectivity index (χ4n) is 2.30. The molecule has 0 fully saturated rings. The van der Waals surface area contributed by atoms with Crippen LogP contribution < -0.4 is 11.2 Å². The molecule has 3 aromatic heterocycles. The van der Waals surface area contributed by atoms with Crippen LogP contribution in [0.5, 0.6) is 0 Å². The van der Waals surface area contributed by atoms with Crippen molar-refractivity contribution in [3.05, 3.63) is 50.8 Å². The summed E-state index contributed by atoms with van der Waals surface area (Å²) < 4.78 is 7.60. The van der Waals surface area contributed by atoms with Gasteiger partial charge in [0.15, 0.2) is 5.65 Å². The molecule has 0 unspecified atom stereocenters. The number of hydrogen-bond donors (Lipinski definition) is 1. The Balaban J connectivity index is 2.16. The fraction of sp³-hybridized carbons (Fsp3) is 0.267. The van der Waals surface area contributed by atoms with Crippen LogP contribution in [0.3, 0.4) is 0 Å². The minimum absolute atomic E-state index is 0.336. The third kappa shape index (κ3) is 2.30. The lowest BCUT2D eigenvalue weighted by molar-refractivity contribution is 0.567. The minimum atomic E-state index is -0.372. The summed E-state index contributed by atoms with van der Waals surface area (Å²) in [6.07, 6.45) is 7.51. The molecular weight excluding hydrogens is 284 g/mol. The van der Waals surface area contributed by atoms with Crippen molar-refractivity contribution in [3.8, 4) is 0 Å². The van der Waals surface area contributed by atoms with Gasteiger partial charge < -0.3 is 9.40 Å². The zero-order valence-corrected chi connectivity index (χ0v) is 12.4. The summed E-state index contributed by atoms with van der Waals surface area (Å²) in [4.78, 5) is 31.7. The Labute approximate surface area is 125 Å². The molecule has 0 bridgehead atoms. The van der Waals surface area contributed by atoms with Gasteiger partial charge in [0.2, 0.25) is 0 Å². The van der Waals surface area contributed by atoms with Gasteiger partial charge in [-0.3, -0.25) is 13.9 Å². The highest BCUT2D eigenvalue weighted by atomic mass is 16.3. The molecule has 0 spiro atoms. The monoisotopic (exact) mass is 300 g/mol. The molecule has 0 aliphatic rings. The van der Waals surface area contributed by atoms with E-state index in [1.54, 1.807) is 18.6 Å². The molecule has 0 aliphatic heterocycles. The molecule has 0 atom stereocenters. The zero-order chi connectivity index (χ0) is 15.7. The van der Waals surface area contributed by atoms with Gasteiger partial charge in [-0.1, -0.05) is 6.92 Å². The van der Waals surface area contributed by atoms with Crippen molar-refractivity contribution < 1.29 is 4.42 Å². The van der Waals surface area contributed by atoms with Crippen LogP contribution in [0.2, 0.25) is 0 Å². The van der Waals surface area contributed by atoms with Crippen LogP contribution in [0.15, 0.2) is 32.6 Å². The van der Waals surface area contributed by atoms with Crippen LogP contribution in [0.1, 0.15) is 24.7 Å². The zero-order valence-electron chi connectivity index (χ0n) is 12.4. The highest BCUT2D eigenvalue weighted by Crippen LogP contribution is 2.10. The number of fused-ring (bicyclic) bond motifs is 1. The van der Waals surface area contributed by atoms with Crippen LogP contribution in [0.4, 0.5) is 0 Å². The molecular formula is C15H16N4O3. The molecule has 0 radical (unpaired) electrons. The lowest BCUT2D eigenvalue weighted by atomic mass is 10.3. The van der Waals surface area contributed by atoms with Crippen molar-refractivity contribution >= 4 is 23.3 Å². The van der Waals surface area contributed by atoms with Gasteiger partial charge in [-0.15, -0.1) is 0 Å². The largest absolute Gasteiger partial charge is 0.472 e. The summed E-state index contributed by atoms with van der Waals surface area (Å²) >= 11 is 0. The number of H-pyrrole nitrogens is 1. The third-order valence-corrected chi connectivity index (χ3v) is 3.42. The van der Waals surface area contributed by atoms with E-state index in [1.807, 2.05) is 19.1 Å². The summed E-state index contributed by atoms with van der Waals surface area (Å²) in [5, 5.41) is 0. The number of nitrogens with zero attached hydrogens (tertiary/aromatic N) is 3. The van der Waals surface area contributed by atoms with Crippen molar-refractivity contribution in [2.75, 3.05) is 0 Å². The smallest absolute Gasteiger partial charge is 0.332 e. The van der Waals surface area contributed by atoms with E-state index in [0.717, 1.165) is 16.6 Å². The predicted molar refractivity (Wildman–Crippen MR) is 83.5 cm³/mol. The third-order valence-electron chi connectivity index (χ3n) is 3.42. The molecule has 0 saturated heterocycles. The SMILES string of the molecule is CCCn1c(=O)n(C)c(=O)c2[nH]c(/C=C/c3ccoc3)nc21. The van der Waals surface area contributed by atoms with Crippen LogP contribution in [0.25, 0.3) is 23.3 Å². The van der Waals surface area contributed by atoms with E-state index < -0.39 is 0 Å². The molecule has 3 rings (SSSR count). The van der Waals surface area contributed by atoms with E-state index in [0.29, 0.717) is 23.5 Å². The maximum atomic E-state index is 12.2. The summed E-state index contributed by atoms with van der Waals surface area (Å²) in [6, 6.07) is 1.81. The van der Waals surface area contributed by atoms with Gasteiger partial charge >= 0.3 is 5.69 Å². The standard InChI is InChI=1S/C15H16N4O3/c1-3-7-19-13-12(14(20)18(2)15(19)21)16-11(17-13)5-4-10-6-8-22-9-10/h4-6,8-9H,3,7H2,1-2H3,(H,16,17)/b5-4+. The van der Waals surface area contributed by atoms with E-state index in [9.17, 15) is 9.59 Å². The highest BCUT2D eigenvalue weighted by Gasteiger charge is 2.14. The number of hydrogen-bond acceptors (Lipinski definition) is 4. The molecule has 7 nitrogen and oxygen atoms in total. The normalized spacial score (nSPS) is 11.7. The first kappa shape index (κ1) is 14.1. The summed E-state index contributed by atoms with van der Waals surface area (Å²) in [5.74, 6) is 0.517. The number of aryl methyl sites for hydroxylation is 1. The Kier molecular flexibility index (Phi) is 3.54. The first-order valence-corrected chi connectivity index (χ1v) is 7.01. The Morgan fingerprint density at radius 1 is 1.36 bits per heavy atom. The average Bonchev–Trinajstić information content (AvgIpc) is 3.16. The van der Waals surface area contributed by atoms with Crippen molar-refractivity contribution in [1.82, 2.24) is 19.1 Å². The molecule has 1 N–H and O–H groups in total. The van der Waals surface area contributed by atoms with Crippen LogP contribution in [-0.2, 0) is 13.6 Å². The Hall–Kier alpha value is -2.83. The van der Waals surface area contributed by atoms with E-state index in [-0.39, 0.29) is 11.2 Å². The number of imidazole rings is 1. The lowest BCUT2D eigenvalue weighted by Crippen LogP contribution is -2.38. The summed E-state index contributed by atoms with van der Waals surface area (Å²) in [6.45, 7) is 2.48. The maximum absolute atomic E-state index is 12.2. The van der Waals surface area contributed by atoms with E-state index >= 15 is 0 Å². The van der Waals surface area contributed by atoms with E-state index in [1.165, 1.54) is 11.6 Å². The molecule has 0 amide bonds. The minimum Gasteiger partial charge on any atom is -0.472 e. The second-order valence-electron chi connectivity index (χ2n) is 5.01. The van der Waals surface area contributed by atoms with Gasteiger partial charge in [-0.25, -0.2) is 9.78 Å². The van der Waals surface area contributed by atoms with Gasteiger partial charge in [0.05, 0.1) is 12.5 Å². The molecule has 3 heterocycles. The molecule has 7 heteroatoms. The lowest BCUT2D eigenvalue weighted by Gasteiger charge is -2.06. The van der Waals surface area contributed by atoms with Crippen LogP contribution in [0, 0.1) is 0 Å². The number of nitrogens with one attached hydrogen (secondary N) is 1. The first-order valence-electron chi connectivity index (χ1n) is 7.01. The number of rotatable bonds is 4. The van der Waals surface area contributed by atoms with Crippen molar-refractivity contribution in [3.63, 3.8) is 0 Å². The van der Waals surface area contributed by atoms with E-state index in [2.05, 4.69) is 9.97 Å². The maximum Gasteiger partial charge on any atom is 0.332 e. The van der Waals surface area contributed by atoms with E-state index in [4.69, 9.17) is 4.42 Å². The van der Waals surface area contributed by atoms with Gasteiger partial charge in [0.25, 0.3) is 5.56 Å². The van der Waals surface area contributed by atoms with Crippen molar-refractivity contribution in [2.45, 2.75) is 19.9 Å². The quantitative estimate of drug-likeness (QED) is 0.793. The Morgan fingerprint density at radius 3 is 2.86 bits per heavy atom. The molecule has 3 aromatic rings. The topological polar surface area (TPSA) is 85.8 Å². The average molecular weight is 300 g/mol. The van der Waals surface area contributed by atoms with Crippen LogP contribution in [-0.4, -0.2) is 19.1 Å². The molecule has 114 valence electrons. The molecule has 22 heavy (non-hydrogen) atoms. The van der Waals surface area contributed by atoms with Crippen molar-refractivity contribution in [2.24, 2.45) is 7.05 Å². The fourth-order valence-corrected chi connectivity index (χ4v) is 2.30. The molecule has 0 saturated carbocycles. The van der Waals surface area contributed by atoms with Gasteiger partial charge in [-0.05, 0) is 24.6 Å². The van der Waals surface area contributed by atoms with Gasteiger partial charge in [0.1, 0.15) is 11.3 Å². The Bertz CT molecular complexity index is 942. The predicted octanol–water partition coefficient (Wildman–Crippen LogP) is 1.60. The molecule has 0 aromatic carbocycles. The number of aromatic amines is 1. The second kappa shape index (κ2) is 5.51. The van der Waals surface area contributed by atoms with Crippen LogP contribution >= 0.6 is 0 Å². The summed E-state index contributed by atoms with van der Waals surface area (Å²) in [7, 11) is 1.47. The van der Waals surface area contributed by atoms with Crippen molar-refractivity contribution in [1.29, 1.82) is 0 Å². The first-order chi connectivity index (χ1) is 10.6. The Morgan fingerprint density at radius 2 is 2.18 bits per heavy atom. The van der Waals surface area contributed by atoms with Gasteiger partial charge in [0, 0.05) is 19.2 Å². The second-order valence-corrected chi connectivity index (χ2v) is 5.01. The summed E-state index contributed by atoms with van der Waals surface area (Å²) in [5.41, 5.74) is 0.891.